The van der Waals surface area contributed by atoms with Gasteiger partial charge in [0.1, 0.15) is 17.1 Å². The number of nitrogens with zero attached hydrogens (tertiary/aromatic N) is 1. The van der Waals surface area contributed by atoms with Crippen molar-refractivity contribution in [2.45, 2.75) is 0 Å². The second-order valence-electron chi connectivity index (χ2n) is 4.08. The Kier molecular flexibility index (Phi) is 4.59. The second-order valence-corrected chi connectivity index (χ2v) is 4.08. The van der Waals surface area contributed by atoms with Crippen LogP contribution in [-0.4, -0.2) is 51.4 Å². The third-order valence-corrected chi connectivity index (χ3v) is 2.93. The Morgan fingerprint density at radius 3 is 2.32 bits per heavy atom. The monoisotopic (exact) mass is 266 g/mol. The number of methoxy groups -OCH3 is 2. The highest BCUT2D eigenvalue weighted by Crippen LogP contribution is 2.27. The Morgan fingerprint density at radius 1 is 1.21 bits per heavy atom. The quantitative estimate of drug-likeness (QED) is 0.868. The van der Waals surface area contributed by atoms with Gasteiger partial charge in [-0.15, -0.1) is 0 Å². The zero-order chi connectivity index (χ0) is 13.7. The molecule has 1 aliphatic rings. The van der Waals surface area contributed by atoms with Crippen LogP contribution in [0.1, 0.15) is 10.4 Å². The smallest absolute Gasteiger partial charge is 0.273 e. The van der Waals surface area contributed by atoms with Crippen LogP contribution in [0.4, 0.5) is 0 Å². The van der Waals surface area contributed by atoms with E-state index in [0.29, 0.717) is 43.4 Å². The number of carbonyl (C=O) groups excluding carboxylic acids is 1. The number of amides is 1. The molecule has 1 fully saturated rings. The van der Waals surface area contributed by atoms with E-state index in [1.165, 1.54) is 14.2 Å². The molecule has 0 aromatic heterocycles. The van der Waals surface area contributed by atoms with E-state index in [1.54, 1.807) is 18.2 Å². The van der Waals surface area contributed by atoms with Crippen LogP contribution < -0.4 is 14.9 Å². The molecule has 0 unspecified atom stereocenters. The number of ether oxygens (including phenoxy) is 3. The number of rotatable bonds is 4. The summed E-state index contributed by atoms with van der Waals surface area (Å²) in [7, 11) is 3.06. The highest BCUT2D eigenvalue weighted by molar-refractivity contribution is 5.99. The first-order chi connectivity index (χ1) is 9.26. The Hall–Kier alpha value is -1.79. The molecule has 1 aromatic rings. The van der Waals surface area contributed by atoms with Gasteiger partial charge in [0.25, 0.3) is 5.91 Å². The fourth-order valence-electron chi connectivity index (χ4n) is 1.95. The summed E-state index contributed by atoms with van der Waals surface area (Å²) in [5, 5.41) is 1.83. The molecule has 0 atom stereocenters. The Labute approximate surface area is 112 Å². The van der Waals surface area contributed by atoms with E-state index in [9.17, 15) is 4.79 Å². The molecule has 0 spiro atoms. The fraction of sp³-hybridized carbons (Fsp3) is 0.462. The lowest BCUT2D eigenvalue weighted by Crippen LogP contribution is -2.48. The van der Waals surface area contributed by atoms with E-state index < -0.39 is 0 Å². The molecule has 1 aliphatic heterocycles. The summed E-state index contributed by atoms with van der Waals surface area (Å²) in [6.07, 6.45) is 0. The topological polar surface area (TPSA) is 60.0 Å². The van der Waals surface area contributed by atoms with E-state index in [0.717, 1.165) is 0 Å². The fourth-order valence-corrected chi connectivity index (χ4v) is 1.95. The standard InChI is InChI=1S/C13H18N2O4/c1-17-10-4-3-5-11(18-2)12(10)13(16)14-15-6-8-19-9-7-15/h3-5H,6-9H2,1-2H3,(H,14,16). The number of hydrazine groups is 1. The van der Waals surface area contributed by atoms with Crippen molar-refractivity contribution in [1.82, 2.24) is 10.4 Å². The maximum Gasteiger partial charge on any atom is 0.273 e. The van der Waals surface area contributed by atoms with E-state index in [2.05, 4.69) is 5.43 Å². The van der Waals surface area contributed by atoms with Gasteiger partial charge in [-0.05, 0) is 12.1 Å². The van der Waals surface area contributed by atoms with Crippen LogP contribution >= 0.6 is 0 Å². The van der Waals surface area contributed by atoms with Crippen molar-refractivity contribution in [3.8, 4) is 11.5 Å². The van der Waals surface area contributed by atoms with Crippen molar-refractivity contribution >= 4 is 5.91 Å². The number of morpholine rings is 1. The summed E-state index contributed by atoms with van der Waals surface area (Å²) < 4.78 is 15.7. The van der Waals surface area contributed by atoms with Crippen LogP contribution in [0, 0.1) is 0 Å². The first kappa shape index (κ1) is 13.6. The van der Waals surface area contributed by atoms with E-state index >= 15 is 0 Å². The van der Waals surface area contributed by atoms with Gasteiger partial charge < -0.3 is 14.2 Å². The summed E-state index contributed by atoms with van der Waals surface area (Å²) in [6, 6.07) is 5.25. The minimum Gasteiger partial charge on any atom is -0.496 e. The van der Waals surface area contributed by atoms with E-state index in [-0.39, 0.29) is 5.91 Å². The summed E-state index contributed by atoms with van der Waals surface area (Å²) in [5.74, 6) is 0.742. The van der Waals surface area contributed by atoms with E-state index in [1.807, 2.05) is 5.01 Å². The van der Waals surface area contributed by atoms with Crippen LogP contribution in [0.25, 0.3) is 0 Å². The molecule has 104 valence electrons. The summed E-state index contributed by atoms with van der Waals surface area (Å²) in [6.45, 7) is 2.57. The lowest BCUT2D eigenvalue weighted by Gasteiger charge is -2.27. The highest BCUT2D eigenvalue weighted by atomic mass is 16.5. The zero-order valence-corrected chi connectivity index (χ0v) is 11.1. The lowest BCUT2D eigenvalue weighted by atomic mass is 10.1. The molecule has 1 saturated heterocycles. The molecule has 0 aliphatic carbocycles. The molecule has 19 heavy (non-hydrogen) atoms. The number of benzene rings is 1. The number of hydrogen-bond acceptors (Lipinski definition) is 5. The number of carbonyl (C=O) groups is 1. The summed E-state index contributed by atoms with van der Waals surface area (Å²) in [5.41, 5.74) is 3.24. The van der Waals surface area contributed by atoms with Crippen molar-refractivity contribution in [2.24, 2.45) is 0 Å². The second kappa shape index (κ2) is 6.40. The average Bonchev–Trinajstić information content (AvgIpc) is 2.47. The first-order valence-electron chi connectivity index (χ1n) is 6.11. The maximum absolute atomic E-state index is 12.3. The van der Waals surface area contributed by atoms with Gasteiger partial charge in [-0.2, -0.15) is 0 Å². The zero-order valence-electron chi connectivity index (χ0n) is 11.1. The molecule has 2 rings (SSSR count). The van der Waals surface area contributed by atoms with Gasteiger partial charge in [0.15, 0.2) is 0 Å². The van der Waals surface area contributed by atoms with E-state index in [4.69, 9.17) is 14.2 Å². The van der Waals surface area contributed by atoms with Crippen molar-refractivity contribution in [1.29, 1.82) is 0 Å². The number of hydrogen-bond donors (Lipinski definition) is 1. The molecule has 1 aromatic carbocycles. The van der Waals surface area contributed by atoms with Gasteiger partial charge >= 0.3 is 0 Å². The maximum atomic E-state index is 12.3. The Bertz CT molecular complexity index is 422. The van der Waals surface area contributed by atoms with Gasteiger partial charge in [-0.25, -0.2) is 5.01 Å². The van der Waals surface area contributed by atoms with Gasteiger partial charge in [0.05, 0.1) is 27.4 Å². The van der Waals surface area contributed by atoms with Crippen molar-refractivity contribution in [3.05, 3.63) is 23.8 Å². The minimum atomic E-state index is -0.240. The van der Waals surface area contributed by atoms with Gasteiger partial charge in [0.2, 0.25) is 0 Å². The molecule has 6 heteroatoms. The molecule has 1 N–H and O–H groups in total. The Balaban J connectivity index is 2.17. The van der Waals surface area contributed by atoms with Gasteiger partial charge in [-0.1, -0.05) is 6.07 Å². The molecule has 0 radical (unpaired) electrons. The van der Waals surface area contributed by atoms with Crippen molar-refractivity contribution in [3.63, 3.8) is 0 Å². The summed E-state index contributed by atoms with van der Waals surface area (Å²) >= 11 is 0. The van der Waals surface area contributed by atoms with Crippen LogP contribution in [0.2, 0.25) is 0 Å². The van der Waals surface area contributed by atoms with Gasteiger partial charge in [-0.3, -0.25) is 10.2 Å². The third-order valence-electron chi connectivity index (χ3n) is 2.93. The summed E-state index contributed by atoms with van der Waals surface area (Å²) in [4.78, 5) is 12.3. The number of nitrogens with one attached hydrogen (secondary N) is 1. The van der Waals surface area contributed by atoms with Crippen LogP contribution in [-0.2, 0) is 4.74 Å². The van der Waals surface area contributed by atoms with Crippen LogP contribution in [0.15, 0.2) is 18.2 Å². The van der Waals surface area contributed by atoms with Crippen molar-refractivity contribution < 1.29 is 19.0 Å². The molecule has 0 bridgehead atoms. The largest absolute Gasteiger partial charge is 0.496 e. The molecule has 6 nitrogen and oxygen atoms in total. The minimum absolute atomic E-state index is 0.240. The molecule has 1 amide bonds. The molecular formula is C13H18N2O4. The first-order valence-corrected chi connectivity index (χ1v) is 6.11. The predicted octanol–water partition coefficient (Wildman–Crippen LogP) is 0.681. The van der Waals surface area contributed by atoms with Crippen molar-refractivity contribution in [2.75, 3.05) is 40.5 Å². The Morgan fingerprint density at radius 2 is 1.79 bits per heavy atom. The third kappa shape index (κ3) is 3.15. The average molecular weight is 266 g/mol. The van der Waals surface area contributed by atoms with Crippen LogP contribution in [0.5, 0.6) is 11.5 Å². The lowest BCUT2D eigenvalue weighted by molar-refractivity contribution is 0.0125. The predicted molar refractivity (Wildman–Crippen MR) is 69.4 cm³/mol. The normalized spacial score (nSPS) is 15.9. The van der Waals surface area contributed by atoms with Crippen LogP contribution in [0.3, 0.4) is 0 Å². The highest BCUT2D eigenvalue weighted by Gasteiger charge is 2.21. The molecule has 0 saturated carbocycles. The van der Waals surface area contributed by atoms with Gasteiger partial charge in [0, 0.05) is 13.1 Å². The SMILES string of the molecule is COc1cccc(OC)c1C(=O)NN1CCOCC1. The molecular weight excluding hydrogens is 248 g/mol. The molecule has 1 heterocycles.